The van der Waals surface area contributed by atoms with E-state index < -0.39 is 17.1 Å². The monoisotopic (exact) mass is 486 g/mol. The third-order valence-corrected chi connectivity index (χ3v) is 9.01. The van der Waals surface area contributed by atoms with Crippen LogP contribution in [0.2, 0.25) is 0 Å². The van der Waals surface area contributed by atoms with Crippen molar-refractivity contribution in [3.63, 3.8) is 0 Å². The van der Waals surface area contributed by atoms with Gasteiger partial charge >= 0.3 is 0 Å². The molecule has 6 heteroatoms. The van der Waals surface area contributed by atoms with Crippen LogP contribution in [-0.4, -0.2) is 69.8 Å². The number of rotatable bonds is 3. The van der Waals surface area contributed by atoms with Crippen molar-refractivity contribution in [3.05, 3.63) is 59.2 Å². The number of hydrogen-bond donors (Lipinski definition) is 2. The van der Waals surface area contributed by atoms with E-state index in [9.17, 15) is 15.0 Å². The lowest BCUT2D eigenvalue weighted by Gasteiger charge is -2.64. The lowest BCUT2D eigenvalue weighted by molar-refractivity contribution is -0.197. The van der Waals surface area contributed by atoms with Crippen molar-refractivity contribution in [1.82, 2.24) is 9.80 Å². The quantitative estimate of drug-likeness (QED) is 0.653. The van der Waals surface area contributed by atoms with Crippen molar-refractivity contribution in [3.8, 4) is 23.3 Å². The van der Waals surface area contributed by atoms with Crippen LogP contribution in [0.5, 0.6) is 11.5 Å². The standard InChI is InChI=1S/C30H34N2O4/c1-19(2)18-32(25(34)12-9-20-7-5-4-6-8-20)22-13-14-30(35)24-17-21-10-11-23(33)27-26(21)29(30,28(22)36-27)15-16-31(24)3/h4-8,10-11,19,22,24,28,33,35H,13-18H2,1-3H3/t22-,24-,28-,29+,30-/m1/s1. The number of amides is 1. The Morgan fingerprint density at radius 1 is 1.22 bits per heavy atom. The Morgan fingerprint density at radius 2 is 2.00 bits per heavy atom. The molecule has 1 amide bonds. The molecule has 2 fully saturated rings. The highest BCUT2D eigenvalue weighted by molar-refractivity contribution is 5.94. The predicted molar refractivity (Wildman–Crippen MR) is 137 cm³/mol. The first-order chi connectivity index (χ1) is 17.3. The maximum absolute atomic E-state index is 13.6. The Balaban J connectivity index is 1.44. The third-order valence-electron chi connectivity index (χ3n) is 9.01. The summed E-state index contributed by atoms with van der Waals surface area (Å²) < 4.78 is 6.63. The lowest BCUT2D eigenvalue weighted by atomic mass is 9.48. The summed E-state index contributed by atoms with van der Waals surface area (Å²) in [5, 5.41) is 23.2. The van der Waals surface area contributed by atoms with E-state index in [2.05, 4.69) is 37.6 Å². The van der Waals surface area contributed by atoms with Gasteiger partial charge in [0.1, 0.15) is 6.10 Å². The third kappa shape index (κ3) is 3.16. The minimum absolute atomic E-state index is 0.0200. The Morgan fingerprint density at radius 3 is 2.75 bits per heavy atom. The SMILES string of the molecule is CC(C)CN(C(=O)C#Cc1ccccc1)[C@@H]1CC[C@@]2(O)[C@H]3Cc4ccc(O)c5c4[C@@]2(CCN3C)[C@@H]1O5. The Kier molecular flexibility index (Phi) is 5.37. The minimum atomic E-state index is -0.977. The van der Waals surface area contributed by atoms with Crippen LogP contribution in [0.1, 0.15) is 49.8 Å². The van der Waals surface area contributed by atoms with Crippen LogP contribution in [0.25, 0.3) is 0 Å². The fourth-order valence-electron chi connectivity index (χ4n) is 7.53. The molecule has 2 aliphatic carbocycles. The van der Waals surface area contributed by atoms with Crippen molar-refractivity contribution in [2.45, 2.75) is 68.7 Å². The molecule has 2 heterocycles. The van der Waals surface area contributed by atoms with Crippen LogP contribution in [-0.2, 0) is 16.6 Å². The summed E-state index contributed by atoms with van der Waals surface area (Å²) in [5.74, 6) is 6.55. The second-order valence-electron chi connectivity index (χ2n) is 11.4. The molecule has 2 aromatic rings. The Labute approximate surface area is 212 Å². The second-order valence-corrected chi connectivity index (χ2v) is 11.4. The van der Waals surface area contributed by atoms with E-state index in [1.165, 1.54) is 0 Å². The van der Waals surface area contributed by atoms with E-state index in [0.29, 0.717) is 25.1 Å². The molecule has 2 aliphatic heterocycles. The molecule has 0 radical (unpaired) electrons. The van der Waals surface area contributed by atoms with Crippen LogP contribution in [0.15, 0.2) is 42.5 Å². The van der Waals surface area contributed by atoms with Gasteiger partial charge < -0.3 is 24.7 Å². The number of likely N-dealkylation sites (tertiary alicyclic amines) is 1. The molecule has 0 aromatic heterocycles. The average Bonchev–Trinajstić information content (AvgIpc) is 3.22. The molecule has 2 bridgehead atoms. The number of phenolic OH excluding ortho intramolecular Hbond substituents is 1. The number of nitrogens with zero attached hydrogens (tertiary/aromatic N) is 2. The first-order valence-electron chi connectivity index (χ1n) is 13.1. The Hall–Kier alpha value is -3.01. The molecule has 188 valence electrons. The molecular weight excluding hydrogens is 452 g/mol. The van der Waals surface area contributed by atoms with Crippen molar-refractivity contribution in [2.24, 2.45) is 5.92 Å². The zero-order chi connectivity index (χ0) is 25.2. The molecule has 0 unspecified atom stereocenters. The maximum Gasteiger partial charge on any atom is 0.299 e. The summed E-state index contributed by atoms with van der Waals surface area (Å²) in [6.45, 7) is 5.59. The summed E-state index contributed by atoms with van der Waals surface area (Å²) >= 11 is 0. The van der Waals surface area contributed by atoms with Crippen molar-refractivity contribution >= 4 is 5.91 Å². The van der Waals surface area contributed by atoms with Crippen LogP contribution in [0.4, 0.5) is 0 Å². The largest absolute Gasteiger partial charge is 0.504 e. The predicted octanol–water partition coefficient (Wildman–Crippen LogP) is 3.08. The number of aromatic hydroxyl groups is 1. The second kappa shape index (κ2) is 8.26. The van der Waals surface area contributed by atoms with E-state index in [0.717, 1.165) is 36.1 Å². The van der Waals surface area contributed by atoms with Gasteiger partial charge in [-0.05, 0) is 69.0 Å². The summed E-state index contributed by atoms with van der Waals surface area (Å²) in [6.07, 6.45) is 2.23. The minimum Gasteiger partial charge on any atom is -0.504 e. The molecule has 5 atom stereocenters. The van der Waals surface area contributed by atoms with Gasteiger partial charge in [0.25, 0.3) is 5.91 Å². The van der Waals surface area contributed by atoms with E-state index in [-0.39, 0.29) is 29.7 Å². The highest BCUT2D eigenvalue weighted by atomic mass is 16.5. The van der Waals surface area contributed by atoms with Crippen molar-refractivity contribution in [2.75, 3.05) is 20.1 Å². The molecule has 36 heavy (non-hydrogen) atoms. The van der Waals surface area contributed by atoms with E-state index in [1.54, 1.807) is 6.07 Å². The highest BCUT2D eigenvalue weighted by Crippen LogP contribution is 2.65. The van der Waals surface area contributed by atoms with E-state index in [1.807, 2.05) is 41.3 Å². The zero-order valence-corrected chi connectivity index (χ0v) is 21.2. The van der Waals surface area contributed by atoms with Crippen LogP contribution in [0.3, 0.4) is 0 Å². The maximum atomic E-state index is 13.6. The molecule has 1 saturated carbocycles. The van der Waals surface area contributed by atoms with Crippen molar-refractivity contribution < 1.29 is 19.7 Å². The smallest absolute Gasteiger partial charge is 0.299 e. The Bertz CT molecular complexity index is 1260. The molecule has 6 nitrogen and oxygen atoms in total. The fraction of sp³-hybridized carbons (Fsp3) is 0.500. The normalized spacial score (nSPS) is 31.8. The number of carbonyl (C=O) groups is 1. The molecule has 1 saturated heterocycles. The number of carbonyl (C=O) groups excluding carboxylic acids is 1. The number of likely N-dealkylation sites (N-methyl/N-ethyl adjacent to an activating group) is 1. The first kappa shape index (κ1) is 23.4. The first-order valence-corrected chi connectivity index (χ1v) is 13.1. The van der Waals surface area contributed by atoms with Crippen LogP contribution < -0.4 is 4.74 Å². The number of ether oxygens (including phenoxy) is 1. The summed E-state index contributed by atoms with van der Waals surface area (Å²) in [6, 6.07) is 13.0. The number of hydrogen-bond acceptors (Lipinski definition) is 5. The summed E-state index contributed by atoms with van der Waals surface area (Å²) in [4.78, 5) is 17.8. The number of benzene rings is 2. The van der Waals surface area contributed by atoms with Gasteiger partial charge in [0, 0.05) is 29.6 Å². The number of aliphatic hydroxyl groups is 1. The zero-order valence-electron chi connectivity index (χ0n) is 21.2. The van der Waals surface area contributed by atoms with Crippen molar-refractivity contribution in [1.29, 1.82) is 0 Å². The topological polar surface area (TPSA) is 73.2 Å². The number of piperidine rings is 1. The highest BCUT2D eigenvalue weighted by Gasteiger charge is 2.73. The molecular formula is C30H34N2O4. The van der Waals surface area contributed by atoms with Gasteiger partial charge in [-0.3, -0.25) is 4.79 Å². The van der Waals surface area contributed by atoms with E-state index in [4.69, 9.17) is 4.74 Å². The van der Waals surface area contributed by atoms with Crippen LogP contribution >= 0.6 is 0 Å². The van der Waals surface area contributed by atoms with Gasteiger partial charge in [0.2, 0.25) is 0 Å². The summed E-state index contributed by atoms with van der Waals surface area (Å²) in [5.41, 5.74) is 1.28. The van der Waals surface area contributed by atoms with Gasteiger partial charge in [-0.15, -0.1) is 0 Å². The molecule has 4 aliphatic rings. The molecule has 1 spiro atoms. The fourth-order valence-corrected chi connectivity index (χ4v) is 7.53. The number of phenols is 1. The van der Waals surface area contributed by atoms with Gasteiger partial charge in [0.15, 0.2) is 11.5 Å². The average molecular weight is 487 g/mol. The van der Waals surface area contributed by atoms with E-state index >= 15 is 0 Å². The van der Waals surface area contributed by atoms with Gasteiger partial charge in [-0.1, -0.05) is 44.0 Å². The molecule has 6 rings (SSSR count). The summed E-state index contributed by atoms with van der Waals surface area (Å²) in [7, 11) is 2.09. The van der Waals surface area contributed by atoms with Gasteiger partial charge in [-0.2, -0.15) is 0 Å². The molecule has 2 N–H and O–H groups in total. The lowest BCUT2D eigenvalue weighted by Crippen LogP contribution is -2.78. The molecule has 2 aromatic carbocycles. The van der Waals surface area contributed by atoms with Crippen LogP contribution in [0, 0.1) is 17.8 Å². The van der Waals surface area contributed by atoms with Gasteiger partial charge in [-0.25, -0.2) is 0 Å². The van der Waals surface area contributed by atoms with Gasteiger partial charge in [0.05, 0.1) is 17.1 Å².